The minimum atomic E-state index is -1.00. The Morgan fingerprint density at radius 3 is 2.60 bits per heavy atom. The van der Waals surface area contributed by atoms with Gasteiger partial charge in [0.15, 0.2) is 0 Å². The maximum atomic E-state index is 14.2. The van der Waals surface area contributed by atoms with Crippen LogP contribution in [0.5, 0.6) is 5.75 Å². The Balaban J connectivity index is 1.59. The van der Waals surface area contributed by atoms with Gasteiger partial charge in [-0.2, -0.15) is 0 Å². The van der Waals surface area contributed by atoms with Crippen molar-refractivity contribution >= 4 is 34.9 Å². The highest BCUT2D eigenvalue weighted by atomic mass is 35.5. The molecule has 35 heavy (non-hydrogen) atoms. The summed E-state index contributed by atoms with van der Waals surface area (Å²) in [7, 11) is 1.52. The third kappa shape index (κ3) is 4.43. The Kier molecular flexibility index (Phi) is 5.88. The van der Waals surface area contributed by atoms with E-state index in [0.717, 1.165) is 11.1 Å². The first-order chi connectivity index (χ1) is 16.9. The minimum absolute atomic E-state index is 0.182. The lowest BCUT2D eigenvalue weighted by Crippen LogP contribution is -2.08. The highest BCUT2D eigenvalue weighted by Crippen LogP contribution is 2.35. The van der Waals surface area contributed by atoms with Gasteiger partial charge in [-0.3, -0.25) is 4.99 Å². The number of carbonyl (C=O) groups is 1. The fourth-order valence-electron chi connectivity index (χ4n) is 3.90. The molecule has 5 rings (SSSR count). The van der Waals surface area contributed by atoms with Crippen LogP contribution in [0.25, 0.3) is 11.3 Å². The summed E-state index contributed by atoms with van der Waals surface area (Å²) in [4.78, 5) is 25.0. The van der Waals surface area contributed by atoms with Crippen LogP contribution >= 0.6 is 11.6 Å². The van der Waals surface area contributed by atoms with E-state index >= 15 is 0 Å². The lowest BCUT2D eigenvalue weighted by Gasteiger charge is -2.14. The monoisotopic (exact) mass is 488 g/mol. The van der Waals surface area contributed by atoms with Gasteiger partial charge in [-0.25, -0.2) is 19.2 Å². The summed E-state index contributed by atoms with van der Waals surface area (Å²) in [5.41, 5.74) is 4.76. The number of ether oxygens (including phenoxy) is 1. The van der Waals surface area contributed by atoms with Crippen molar-refractivity contribution in [1.29, 1.82) is 0 Å². The Bertz CT molecular complexity index is 1490. The van der Waals surface area contributed by atoms with Crippen molar-refractivity contribution in [2.24, 2.45) is 4.99 Å². The Hall–Kier alpha value is -4.30. The maximum absolute atomic E-state index is 14.2. The summed E-state index contributed by atoms with van der Waals surface area (Å²) in [5.74, 6) is -0.590. The number of anilines is 2. The van der Waals surface area contributed by atoms with Gasteiger partial charge in [-0.1, -0.05) is 17.7 Å². The number of carboxylic acid groups (broad SMARTS) is 1. The summed E-state index contributed by atoms with van der Waals surface area (Å²) in [6.45, 7) is 0.268. The molecular formula is C26H18ClFN4O3. The predicted octanol–water partition coefficient (Wildman–Crippen LogP) is 5.74. The number of carboxylic acids is 1. The average molecular weight is 489 g/mol. The van der Waals surface area contributed by atoms with Crippen molar-refractivity contribution in [2.45, 2.75) is 6.54 Å². The van der Waals surface area contributed by atoms with Crippen LogP contribution in [-0.2, 0) is 6.54 Å². The number of fused-ring (bicyclic) bond motifs is 3. The fraction of sp³-hybridized carbons (Fsp3) is 0.0769. The van der Waals surface area contributed by atoms with Crippen molar-refractivity contribution in [2.75, 3.05) is 12.4 Å². The molecule has 0 amide bonds. The van der Waals surface area contributed by atoms with Crippen LogP contribution in [0, 0.1) is 5.82 Å². The molecule has 1 aromatic heterocycles. The molecule has 4 aromatic rings. The molecule has 2 heterocycles. The number of hydrogen-bond acceptors (Lipinski definition) is 6. The smallest absolute Gasteiger partial charge is 0.335 e. The summed E-state index contributed by atoms with van der Waals surface area (Å²) < 4.78 is 19.7. The zero-order chi connectivity index (χ0) is 24.5. The van der Waals surface area contributed by atoms with Crippen molar-refractivity contribution in [3.8, 4) is 17.0 Å². The number of benzene rings is 3. The van der Waals surface area contributed by atoms with Gasteiger partial charge >= 0.3 is 5.97 Å². The molecule has 0 aliphatic carbocycles. The summed E-state index contributed by atoms with van der Waals surface area (Å²) in [6, 6.07) is 15.9. The Morgan fingerprint density at radius 1 is 1.06 bits per heavy atom. The van der Waals surface area contributed by atoms with Gasteiger partial charge in [0.25, 0.3) is 0 Å². The zero-order valence-electron chi connectivity index (χ0n) is 18.4. The Labute approximate surface area is 204 Å². The first-order valence-corrected chi connectivity index (χ1v) is 11.0. The molecule has 0 saturated carbocycles. The molecule has 0 atom stereocenters. The highest BCUT2D eigenvalue weighted by molar-refractivity contribution is 6.31. The first-order valence-electron chi connectivity index (χ1n) is 10.6. The van der Waals surface area contributed by atoms with Crippen LogP contribution in [-0.4, -0.2) is 33.9 Å². The summed E-state index contributed by atoms with van der Waals surface area (Å²) in [6.07, 6.45) is 1.68. The van der Waals surface area contributed by atoms with E-state index in [9.17, 15) is 9.18 Å². The zero-order valence-corrected chi connectivity index (χ0v) is 19.2. The molecule has 0 spiro atoms. The molecule has 3 aromatic carbocycles. The van der Waals surface area contributed by atoms with Gasteiger partial charge in [-0.15, -0.1) is 0 Å². The molecule has 7 nitrogen and oxygen atoms in total. The van der Waals surface area contributed by atoms with Gasteiger partial charge in [0.2, 0.25) is 5.95 Å². The third-order valence-electron chi connectivity index (χ3n) is 5.57. The summed E-state index contributed by atoms with van der Waals surface area (Å²) >= 11 is 6.34. The second kappa shape index (κ2) is 9.15. The molecule has 0 bridgehead atoms. The van der Waals surface area contributed by atoms with E-state index in [1.54, 1.807) is 36.5 Å². The standard InChI is InChI=1S/C26H18ClFN4O3/c1-35-22-9-5-17(28)11-21(22)24-20-10-16(27)4-8-19(20)23-15(12-29-24)13-30-26(32-23)31-18-6-2-14(3-7-18)25(33)34/h2-11,13H,12H2,1H3,(H,33,34)(H,30,31,32). The van der Waals surface area contributed by atoms with E-state index in [0.29, 0.717) is 44.9 Å². The predicted molar refractivity (Wildman–Crippen MR) is 131 cm³/mol. The third-order valence-corrected chi connectivity index (χ3v) is 5.80. The number of aromatic nitrogens is 2. The van der Waals surface area contributed by atoms with Crippen molar-refractivity contribution in [1.82, 2.24) is 9.97 Å². The molecule has 9 heteroatoms. The van der Waals surface area contributed by atoms with Crippen LogP contribution in [0.2, 0.25) is 5.02 Å². The van der Waals surface area contributed by atoms with Crippen molar-refractivity contribution in [3.63, 3.8) is 0 Å². The van der Waals surface area contributed by atoms with Crippen LogP contribution in [0.3, 0.4) is 0 Å². The molecule has 1 aliphatic rings. The maximum Gasteiger partial charge on any atom is 0.335 e. The van der Waals surface area contributed by atoms with E-state index in [2.05, 4.69) is 10.3 Å². The SMILES string of the molecule is COc1ccc(F)cc1C1=NCc2cnc(Nc3ccc(C(=O)O)cc3)nc2-c2ccc(Cl)cc21. The van der Waals surface area contributed by atoms with Crippen molar-refractivity contribution in [3.05, 3.63) is 100.0 Å². The highest BCUT2D eigenvalue weighted by Gasteiger charge is 2.24. The normalized spacial score (nSPS) is 12.1. The van der Waals surface area contributed by atoms with E-state index in [-0.39, 0.29) is 12.1 Å². The van der Waals surface area contributed by atoms with Gasteiger partial charge in [0, 0.05) is 39.2 Å². The number of rotatable bonds is 5. The number of hydrogen-bond donors (Lipinski definition) is 2. The second-order valence-electron chi connectivity index (χ2n) is 7.77. The van der Waals surface area contributed by atoms with Gasteiger partial charge in [0.1, 0.15) is 11.6 Å². The van der Waals surface area contributed by atoms with Gasteiger partial charge in [0.05, 0.1) is 30.6 Å². The molecular weight excluding hydrogens is 471 g/mol. The number of nitrogens with one attached hydrogen (secondary N) is 1. The van der Waals surface area contributed by atoms with Crippen LogP contribution < -0.4 is 10.1 Å². The van der Waals surface area contributed by atoms with E-state index in [1.807, 2.05) is 6.07 Å². The van der Waals surface area contributed by atoms with Crippen LogP contribution in [0.4, 0.5) is 16.0 Å². The molecule has 2 N–H and O–H groups in total. The number of aromatic carboxylic acids is 1. The van der Waals surface area contributed by atoms with Crippen LogP contribution in [0.1, 0.15) is 27.0 Å². The fourth-order valence-corrected chi connectivity index (χ4v) is 4.08. The second-order valence-corrected chi connectivity index (χ2v) is 8.21. The topological polar surface area (TPSA) is 96.7 Å². The molecule has 0 saturated heterocycles. The summed E-state index contributed by atoms with van der Waals surface area (Å²) in [5, 5.41) is 12.7. The van der Waals surface area contributed by atoms with E-state index < -0.39 is 11.8 Å². The first kappa shape index (κ1) is 22.5. The lowest BCUT2D eigenvalue weighted by molar-refractivity contribution is 0.0697. The quantitative estimate of drug-likeness (QED) is 0.372. The van der Waals surface area contributed by atoms with E-state index in [4.69, 9.17) is 31.4 Å². The van der Waals surface area contributed by atoms with Gasteiger partial charge in [-0.05, 0) is 54.6 Å². The van der Waals surface area contributed by atoms with Crippen LogP contribution in [0.15, 0.2) is 71.9 Å². The number of methoxy groups -OCH3 is 1. The Morgan fingerprint density at radius 2 is 1.86 bits per heavy atom. The number of nitrogens with zero attached hydrogens (tertiary/aromatic N) is 3. The van der Waals surface area contributed by atoms with Gasteiger partial charge < -0.3 is 15.2 Å². The number of aliphatic imine (C=N–C) groups is 1. The molecule has 0 unspecified atom stereocenters. The molecule has 0 radical (unpaired) electrons. The largest absolute Gasteiger partial charge is 0.496 e. The van der Waals surface area contributed by atoms with E-state index in [1.165, 1.54) is 31.4 Å². The molecule has 1 aliphatic heterocycles. The average Bonchev–Trinajstić information content (AvgIpc) is 3.00. The molecule has 174 valence electrons. The molecule has 0 fully saturated rings. The van der Waals surface area contributed by atoms with Crippen molar-refractivity contribution < 1.29 is 19.0 Å². The lowest BCUT2D eigenvalue weighted by atomic mass is 9.95. The number of halogens is 2. The minimum Gasteiger partial charge on any atom is -0.496 e.